The molecular formula is C12H18BrNS. The highest BCUT2D eigenvalue weighted by Crippen LogP contribution is 2.27. The molecule has 1 fully saturated rings. The minimum Gasteiger partial charge on any atom is -0.301 e. The van der Waals surface area contributed by atoms with Gasteiger partial charge in [0, 0.05) is 22.4 Å². The standard InChI is InChI=1S/C12H18BrNS/c1-14(8-10-4-2-3-5-10)9-12-11(13)6-7-15-12/h6-7,10H,2-5,8-9H2,1H3. The number of rotatable bonds is 4. The molecule has 2 rings (SSSR count). The third-order valence-electron chi connectivity index (χ3n) is 3.15. The number of thiophene rings is 1. The molecule has 0 amide bonds. The van der Waals surface area contributed by atoms with E-state index in [0.717, 1.165) is 12.5 Å². The van der Waals surface area contributed by atoms with Gasteiger partial charge in [0.25, 0.3) is 0 Å². The van der Waals surface area contributed by atoms with Gasteiger partial charge < -0.3 is 4.90 Å². The van der Waals surface area contributed by atoms with Gasteiger partial charge in [-0.25, -0.2) is 0 Å². The first kappa shape index (κ1) is 11.6. The van der Waals surface area contributed by atoms with E-state index < -0.39 is 0 Å². The summed E-state index contributed by atoms with van der Waals surface area (Å²) in [5.74, 6) is 0.953. The van der Waals surface area contributed by atoms with E-state index in [2.05, 4.69) is 39.3 Å². The zero-order valence-corrected chi connectivity index (χ0v) is 11.6. The normalized spacial score (nSPS) is 17.8. The Labute approximate surface area is 105 Å². The van der Waals surface area contributed by atoms with Crippen LogP contribution in [0.1, 0.15) is 30.6 Å². The molecule has 1 nitrogen and oxygen atoms in total. The van der Waals surface area contributed by atoms with E-state index in [4.69, 9.17) is 0 Å². The summed E-state index contributed by atoms with van der Waals surface area (Å²) in [6.45, 7) is 2.36. The van der Waals surface area contributed by atoms with Crippen molar-refractivity contribution in [2.24, 2.45) is 5.92 Å². The fourth-order valence-electron chi connectivity index (χ4n) is 2.38. The quantitative estimate of drug-likeness (QED) is 0.805. The molecule has 0 saturated heterocycles. The molecule has 0 radical (unpaired) electrons. The molecule has 84 valence electrons. The predicted octanol–water partition coefficient (Wildman–Crippen LogP) is 4.13. The average molecular weight is 288 g/mol. The highest BCUT2D eigenvalue weighted by molar-refractivity contribution is 9.10. The monoisotopic (exact) mass is 287 g/mol. The van der Waals surface area contributed by atoms with Crippen molar-refractivity contribution in [3.05, 3.63) is 20.8 Å². The Bertz CT molecular complexity index is 304. The van der Waals surface area contributed by atoms with Crippen molar-refractivity contribution in [1.29, 1.82) is 0 Å². The van der Waals surface area contributed by atoms with Crippen LogP contribution in [-0.2, 0) is 6.54 Å². The average Bonchev–Trinajstić information content (AvgIpc) is 2.79. The molecule has 3 heteroatoms. The van der Waals surface area contributed by atoms with Crippen molar-refractivity contribution in [2.45, 2.75) is 32.2 Å². The van der Waals surface area contributed by atoms with Gasteiger partial charge in [0.15, 0.2) is 0 Å². The van der Waals surface area contributed by atoms with Crippen LogP contribution in [0.2, 0.25) is 0 Å². The van der Waals surface area contributed by atoms with Crippen molar-refractivity contribution in [3.63, 3.8) is 0 Å². The summed E-state index contributed by atoms with van der Waals surface area (Å²) < 4.78 is 1.27. The number of hydrogen-bond acceptors (Lipinski definition) is 2. The van der Waals surface area contributed by atoms with E-state index in [0.29, 0.717) is 0 Å². The SMILES string of the molecule is CN(Cc1sccc1Br)CC1CCCC1. The third kappa shape index (κ3) is 3.30. The van der Waals surface area contributed by atoms with Gasteiger partial charge in [-0.2, -0.15) is 0 Å². The van der Waals surface area contributed by atoms with E-state index in [1.165, 1.54) is 41.6 Å². The van der Waals surface area contributed by atoms with Crippen LogP contribution >= 0.6 is 27.3 Å². The van der Waals surface area contributed by atoms with Crippen LogP contribution in [0.5, 0.6) is 0 Å². The lowest BCUT2D eigenvalue weighted by molar-refractivity contribution is 0.273. The van der Waals surface area contributed by atoms with Gasteiger partial charge in [0.05, 0.1) is 0 Å². The second-order valence-electron chi connectivity index (χ2n) is 4.54. The Morgan fingerprint density at radius 1 is 1.47 bits per heavy atom. The fraction of sp³-hybridized carbons (Fsp3) is 0.667. The zero-order chi connectivity index (χ0) is 10.7. The number of halogens is 1. The predicted molar refractivity (Wildman–Crippen MR) is 70.3 cm³/mol. The first-order valence-corrected chi connectivity index (χ1v) is 7.33. The molecule has 1 aromatic heterocycles. The Kier molecular flexibility index (Phi) is 4.23. The highest BCUT2D eigenvalue weighted by atomic mass is 79.9. The van der Waals surface area contributed by atoms with Crippen LogP contribution in [0.25, 0.3) is 0 Å². The molecule has 0 N–H and O–H groups in total. The lowest BCUT2D eigenvalue weighted by atomic mass is 10.1. The highest BCUT2D eigenvalue weighted by Gasteiger charge is 2.17. The van der Waals surface area contributed by atoms with Crippen LogP contribution in [-0.4, -0.2) is 18.5 Å². The van der Waals surface area contributed by atoms with Gasteiger partial charge in [-0.15, -0.1) is 11.3 Å². The summed E-state index contributed by atoms with van der Waals surface area (Å²) in [6, 6.07) is 2.14. The fourth-order valence-corrected chi connectivity index (χ4v) is 3.94. The molecule has 0 atom stereocenters. The summed E-state index contributed by atoms with van der Waals surface area (Å²) in [5.41, 5.74) is 0. The second-order valence-corrected chi connectivity index (χ2v) is 6.39. The molecule has 1 aliphatic carbocycles. The van der Waals surface area contributed by atoms with Gasteiger partial charge >= 0.3 is 0 Å². The van der Waals surface area contributed by atoms with Gasteiger partial charge in [0.1, 0.15) is 0 Å². The molecule has 1 aromatic rings. The molecule has 0 unspecified atom stereocenters. The van der Waals surface area contributed by atoms with Crippen molar-refractivity contribution < 1.29 is 0 Å². The smallest absolute Gasteiger partial charge is 0.0336 e. The topological polar surface area (TPSA) is 3.24 Å². The number of nitrogens with zero attached hydrogens (tertiary/aromatic N) is 1. The molecule has 1 aliphatic rings. The van der Waals surface area contributed by atoms with E-state index in [1.807, 2.05) is 11.3 Å². The van der Waals surface area contributed by atoms with Crippen LogP contribution in [0.4, 0.5) is 0 Å². The zero-order valence-electron chi connectivity index (χ0n) is 9.21. The lowest BCUT2D eigenvalue weighted by Crippen LogP contribution is -2.23. The largest absolute Gasteiger partial charge is 0.301 e. The Morgan fingerprint density at radius 2 is 2.20 bits per heavy atom. The molecule has 15 heavy (non-hydrogen) atoms. The summed E-state index contributed by atoms with van der Waals surface area (Å²) in [5, 5.41) is 2.16. The van der Waals surface area contributed by atoms with Crippen molar-refractivity contribution in [3.8, 4) is 0 Å². The molecule has 0 aliphatic heterocycles. The Balaban J connectivity index is 1.81. The maximum absolute atomic E-state index is 3.59. The van der Waals surface area contributed by atoms with Crippen molar-refractivity contribution >= 4 is 27.3 Å². The van der Waals surface area contributed by atoms with Crippen molar-refractivity contribution in [1.82, 2.24) is 4.90 Å². The Hall–Kier alpha value is 0.140. The second kappa shape index (κ2) is 5.46. The summed E-state index contributed by atoms with van der Waals surface area (Å²) in [4.78, 5) is 3.92. The molecule has 0 aromatic carbocycles. The van der Waals surface area contributed by atoms with E-state index in [-0.39, 0.29) is 0 Å². The molecule has 1 heterocycles. The summed E-state index contributed by atoms with van der Waals surface area (Å²) in [6.07, 6.45) is 5.77. The van der Waals surface area contributed by atoms with Crippen LogP contribution < -0.4 is 0 Å². The molecule has 1 saturated carbocycles. The minimum absolute atomic E-state index is 0.953. The van der Waals surface area contributed by atoms with E-state index in [9.17, 15) is 0 Å². The summed E-state index contributed by atoms with van der Waals surface area (Å²) >= 11 is 5.44. The summed E-state index contributed by atoms with van der Waals surface area (Å²) in [7, 11) is 2.24. The molecule has 0 spiro atoms. The van der Waals surface area contributed by atoms with Gasteiger partial charge in [-0.1, -0.05) is 12.8 Å². The van der Waals surface area contributed by atoms with Crippen LogP contribution in [0, 0.1) is 5.92 Å². The van der Waals surface area contributed by atoms with Gasteiger partial charge in [-0.3, -0.25) is 0 Å². The Morgan fingerprint density at radius 3 is 2.80 bits per heavy atom. The minimum atomic E-state index is 0.953. The maximum Gasteiger partial charge on any atom is 0.0336 e. The number of hydrogen-bond donors (Lipinski definition) is 0. The van der Waals surface area contributed by atoms with E-state index in [1.54, 1.807) is 0 Å². The van der Waals surface area contributed by atoms with Crippen LogP contribution in [0.15, 0.2) is 15.9 Å². The maximum atomic E-state index is 3.59. The molecular weight excluding hydrogens is 270 g/mol. The van der Waals surface area contributed by atoms with Gasteiger partial charge in [0.2, 0.25) is 0 Å². The first-order valence-electron chi connectivity index (χ1n) is 5.66. The van der Waals surface area contributed by atoms with Gasteiger partial charge in [-0.05, 0) is 53.2 Å². The molecule has 0 bridgehead atoms. The van der Waals surface area contributed by atoms with Crippen LogP contribution in [0.3, 0.4) is 0 Å². The third-order valence-corrected chi connectivity index (χ3v) is 5.06. The lowest BCUT2D eigenvalue weighted by Gasteiger charge is -2.20. The van der Waals surface area contributed by atoms with E-state index >= 15 is 0 Å². The first-order chi connectivity index (χ1) is 7.25. The van der Waals surface area contributed by atoms with Crippen molar-refractivity contribution in [2.75, 3.05) is 13.6 Å².